The summed E-state index contributed by atoms with van der Waals surface area (Å²) in [6.45, 7) is 3.85. The molecule has 0 unspecified atom stereocenters. The molecule has 0 saturated heterocycles. The number of rotatable bonds is 3. The number of nitriles is 1. The highest BCUT2D eigenvalue weighted by atomic mass is 15.3. The molecule has 2 nitrogen and oxygen atoms in total. The molecule has 0 atom stereocenters. The molecule has 0 bridgehead atoms. The van der Waals surface area contributed by atoms with Gasteiger partial charge in [-0.15, -0.1) is 0 Å². The number of hydrogen-bond acceptors (Lipinski definition) is 1. The van der Waals surface area contributed by atoms with Crippen LogP contribution in [0.25, 0.3) is 0 Å². The van der Waals surface area contributed by atoms with Gasteiger partial charge in [0.1, 0.15) is 6.07 Å². The van der Waals surface area contributed by atoms with E-state index in [1.54, 1.807) is 0 Å². The summed E-state index contributed by atoms with van der Waals surface area (Å²) in [5.74, 6) is 0. The topological polar surface area (TPSA) is 23.8 Å². The van der Waals surface area contributed by atoms with Gasteiger partial charge in [0.05, 0.1) is 20.6 Å². The molecule has 0 heterocycles. The monoisotopic (exact) mass is 127 g/mol. The van der Waals surface area contributed by atoms with Crippen LogP contribution in [-0.2, 0) is 0 Å². The number of quaternary nitrogens is 1. The van der Waals surface area contributed by atoms with Crippen LogP contribution < -0.4 is 0 Å². The van der Waals surface area contributed by atoms with Crippen LogP contribution in [0, 0.1) is 11.3 Å². The van der Waals surface area contributed by atoms with Crippen molar-refractivity contribution in [3.05, 3.63) is 0 Å². The first-order valence-electron chi connectivity index (χ1n) is 3.31. The van der Waals surface area contributed by atoms with Gasteiger partial charge >= 0.3 is 0 Å². The zero-order valence-corrected chi connectivity index (χ0v) is 6.52. The van der Waals surface area contributed by atoms with Crippen molar-refractivity contribution >= 4 is 0 Å². The van der Waals surface area contributed by atoms with Gasteiger partial charge in [0.25, 0.3) is 0 Å². The lowest BCUT2D eigenvalue weighted by Crippen LogP contribution is -2.40. The van der Waals surface area contributed by atoms with Gasteiger partial charge in [-0.05, 0) is 6.42 Å². The lowest BCUT2D eigenvalue weighted by molar-refractivity contribution is -0.883. The van der Waals surface area contributed by atoms with E-state index >= 15 is 0 Å². The molecule has 0 rings (SSSR count). The van der Waals surface area contributed by atoms with Crippen molar-refractivity contribution in [3.63, 3.8) is 0 Å². The quantitative estimate of drug-likeness (QED) is 0.410. The highest BCUT2D eigenvalue weighted by Crippen LogP contribution is 1.96. The Labute approximate surface area is 57.3 Å². The van der Waals surface area contributed by atoms with Gasteiger partial charge in [-0.1, -0.05) is 6.92 Å². The molecule has 0 aromatic heterocycles. The largest absolute Gasteiger partial charge is 0.317 e. The van der Waals surface area contributed by atoms with Crippen molar-refractivity contribution in [2.45, 2.75) is 13.3 Å². The zero-order valence-electron chi connectivity index (χ0n) is 6.52. The fraction of sp³-hybridized carbons (Fsp3) is 0.857. The molecule has 9 heavy (non-hydrogen) atoms. The smallest absolute Gasteiger partial charge is 0.166 e. The third-order valence-electron chi connectivity index (χ3n) is 1.33. The molecule has 2 heteroatoms. The molecule has 0 fully saturated rings. The first-order valence-corrected chi connectivity index (χ1v) is 3.31. The zero-order chi connectivity index (χ0) is 7.33. The van der Waals surface area contributed by atoms with Crippen molar-refractivity contribution in [3.8, 4) is 6.07 Å². The van der Waals surface area contributed by atoms with Crippen molar-refractivity contribution in [1.29, 1.82) is 5.26 Å². The van der Waals surface area contributed by atoms with Crippen LogP contribution in [0.4, 0.5) is 0 Å². The minimum absolute atomic E-state index is 0.619. The maximum atomic E-state index is 8.36. The molecule has 0 aliphatic heterocycles. The average Bonchev–Trinajstić information content (AvgIpc) is 1.64. The number of nitrogens with zero attached hydrogens (tertiary/aromatic N) is 2. The predicted octanol–water partition coefficient (Wildman–Crippen LogP) is 0.996. The van der Waals surface area contributed by atoms with Crippen LogP contribution in [0.5, 0.6) is 0 Å². The first kappa shape index (κ1) is 8.45. The molecule has 52 valence electrons. The minimum atomic E-state index is 0.619. The molecule has 0 amide bonds. The van der Waals surface area contributed by atoms with Crippen molar-refractivity contribution in [2.75, 3.05) is 27.2 Å². The maximum absolute atomic E-state index is 8.36. The van der Waals surface area contributed by atoms with Gasteiger partial charge < -0.3 is 4.48 Å². The number of hydrogen-bond donors (Lipinski definition) is 0. The average molecular weight is 127 g/mol. The highest BCUT2D eigenvalue weighted by molar-refractivity contribution is 4.66. The van der Waals surface area contributed by atoms with E-state index in [2.05, 4.69) is 27.1 Å². The second-order valence-electron chi connectivity index (χ2n) is 2.98. The molecule has 0 N–H and O–H groups in total. The fourth-order valence-electron chi connectivity index (χ4n) is 0.876. The Morgan fingerprint density at radius 3 is 2.33 bits per heavy atom. The van der Waals surface area contributed by atoms with E-state index in [0.717, 1.165) is 17.4 Å². The highest BCUT2D eigenvalue weighted by Gasteiger charge is 2.10. The first-order chi connectivity index (χ1) is 4.12. The SMILES string of the molecule is CCC[N+](C)(C)CC#N. The van der Waals surface area contributed by atoms with Crippen LogP contribution in [0.1, 0.15) is 13.3 Å². The summed E-state index contributed by atoms with van der Waals surface area (Å²) < 4.78 is 0.826. The van der Waals surface area contributed by atoms with E-state index in [9.17, 15) is 0 Å². The fourth-order valence-corrected chi connectivity index (χ4v) is 0.876. The van der Waals surface area contributed by atoms with Gasteiger partial charge in [-0.3, -0.25) is 0 Å². The molecular formula is C7H15N2+. The van der Waals surface area contributed by atoms with Crippen LogP contribution >= 0.6 is 0 Å². The summed E-state index contributed by atoms with van der Waals surface area (Å²) in [6.07, 6.45) is 1.15. The molecule has 0 spiro atoms. The summed E-state index contributed by atoms with van der Waals surface area (Å²) >= 11 is 0. The van der Waals surface area contributed by atoms with E-state index in [0.29, 0.717) is 6.54 Å². The van der Waals surface area contributed by atoms with Gasteiger partial charge in [0.2, 0.25) is 0 Å². The van der Waals surface area contributed by atoms with E-state index in [-0.39, 0.29) is 0 Å². The maximum Gasteiger partial charge on any atom is 0.166 e. The van der Waals surface area contributed by atoms with E-state index in [4.69, 9.17) is 5.26 Å². The Morgan fingerprint density at radius 1 is 1.44 bits per heavy atom. The Hall–Kier alpha value is -0.550. The molecule has 0 radical (unpaired) electrons. The Morgan fingerprint density at radius 2 is 2.00 bits per heavy atom. The Kier molecular flexibility index (Phi) is 3.26. The van der Waals surface area contributed by atoms with Crippen molar-refractivity contribution < 1.29 is 4.48 Å². The van der Waals surface area contributed by atoms with Crippen molar-refractivity contribution in [2.24, 2.45) is 0 Å². The van der Waals surface area contributed by atoms with Crippen LogP contribution in [0.2, 0.25) is 0 Å². The standard InChI is InChI=1S/C7H15N2/c1-4-6-9(2,3)7-5-8/h4,6-7H2,1-3H3/q+1. The molecule has 0 aliphatic rings. The molecule has 0 saturated carbocycles. The molecule has 0 aromatic carbocycles. The Bertz CT molecular complexity index is 111. The normalized spacial score (nSPS) is 10.9. The summed E-state index contributed by atoms with van der Waals surface area (Å²) in [5, 5.41) is 8.36. The van der Waals surface area contributed by atoms with Gasteiger partial charge in [-0.25, -0.2) is 0 Å². The lowest BCUT2D eigenvalue weighted by Gasteiger charge is -2.25. The minimum Gasteiger partial charge on any atom is -0.317 e. The van der Waals surface area contributed by atoms with Crippen LogP contribution in [0.15, 0.2) is 0 Å². The molecule has 0 aromatic rings. The molecular weight excluding hydrogens is 112 g/mol. The summed E-state index contributed by atoms with van der Waals surface area (Å²) in [4.78, 5) is 0. The Balaban J connectivity index is 3.59. The second kappa shape index (κ2) is 3.47. The third-order valence-corrected chi connectivity index (χ3v) is 1.33. The predicted molar refractivity (Wildman–Crippen MR) is 37.7 cm³/mol. The van der Waals surface area contributed by atoms with Gasteiger partial charge in [0, 0.05) is 0 Å². The summed E-state index contributed by atoms with van der Waals surface area (Å²) in [6, 6.07) is 2.16. The van der Waals surface area contributed by atoms with Crippen molar-refractivity contribution in [1.82, 2.24) is 0 Å². The summed E-state index contributed by atoms with van der Waals surface area (Å²) in [5.41, 5.74) is 0. The second-order valence-corrected chi connectivity index (χ2v) is 2.98. The third kappa shape index (κ3) is 3.99. The van der Waals surface area contributed by atoms with Gasteiger partial charge in [0.15, 0.2) is 6.54 Å². The van der Waals surface area contributed by atoms with Gasteiger partial charge in [-0.2, -0.15) is 5.26 Å². The molecule has 0 aliphatic carbocycles. The van der Waals surface area contributed by atoms with E-state index < -0.39 is 0 Å². The van der Waals surface area contributed by atoms with Crippen LogP contribution in [0.3, 0.4) is 0 Å². The van der Waals surface area contributed by atoms with E-state index in [1.165, 1.54) is 0 Å². The lowest BCUT2D eigenvalue weighted by atomic mass is 10.4. The van der Waals surface area contributed by atoms with Crippen LogP contribution in [-0.4, -0.2) is 31.7 Å². The summed E-state index contributed by atoms with van der Waals surface area (Å²) in [7, 11) is 4.15. The van der Waals surface area contributed by atoms with E-state index in [1.807, 2.05) is 0 Å².